The molecule has 2 amide bonds. The first kappa shape index (κ1) is 16.3. The lowest BCUT2D eigenvalue weighted by Crippen LogP contribution is -2.41. The van der Waals surface area contributed by atoms with Gasteiger partial charge in [-0.1, -0.05) is 42.5 Å². The summed E-state index contributed by atoms with van der Waals surface area (Å²) < 4.78 is 0. The van der Waals surface area contributed by atoms with Crippen LogP contribution < -0.4 is 5.32 Å². The molecule has 0 spiro atoms. The molecule has 1 atom stereocenters. The van der Waals surface area contributed by atoms with Crippen molar-refractivity contribution in [1.29, 1.82) is 0 Å². The molecule has 0 aliphatic carbocycles. The molecule has 2 aromatic carbocycles. The van der Waals surface area contributed by atoms with Gasteiger partial charge >= 0.3 is 6.03 Å². The van der Waals surface area contributed by atoms with Gasteiger partial charge in [0.1, 0.15) is 0 Å². The van der Waals surface area contributed by atoms with Crippen molar-refractivity contribution in [1.82, 2.24) is 10.2 Å². The lowest BCUT2D eigenvalue weighted by atomic mass is 10.0. The fourth-order valence-corrected chi connectivity index (χ4v) is 2.55. The first-order chi connectivity index (χ1) is 10.6. The molecule has 4 heteroatoms. The average Bonchev–Trinajstić information content (AvgIpc) is 2.53. The summed E-state index contributed by atoms with van der Waals surface area (Å²) >= 11 is 0. The number of amides is 2. The smallest absolute Gasteiger partial charge is 0.317 e. The molecule has 22 heavy (non-hydrogen) atoms. The van der Waals surface area contributed by atoms with E-state index in [9.17, 15) is 4.79 Å². The summed E-state index contributed by atoms with van der Waals surface area (Å²) in [7, 11) is 1.80. The van der Waals surface area contributed by atoms with Crippen molar-refractivity contribution >= 4 is 16.8 Å². The van der Waals surface area contributed by atoms with Gasteiger partial charge < -0.3 is 15.3 Å². The second kappa shape index (κ2) is 7.80. The minimum absolute atomic E-state index is 0.0645. The molecule has 0 saturated heterocycles. The Morgan fingerprint density at radius 3 is 2.73 bits per heavy atom. The average molecular weight is 300 g/mol. The Morgan fingerprint density at radius 1 is 1.23 bits per heavy atom. The summed E-state index contributed by atoms with van der Waals surface area (Å²) in [5.41, 5.74) is 1.14. The second-order valence-electron chi connectivity index (χ2n) is 5.71. The zero-order valence-corrected chi connectivity index (χ0v) is 13.2. The molecule has 1 unspecified atom stereocenters. The van der Waals surface area contributed by atoms with Gasteiger partial charge in [-0.3, -0.25) is 0 Å². The third-order valence-electron chi connectivity index (χ3n) is 3.80. The maximum absolute atomic E-state index is 12.2. The first-order valence-corrected chi connectivity index (χ1v) is 7.71. The number of benzene rings is 2. The largest absolute Gasteiger partial charge is 0.396 e. The minimum Gasteiger partial charge on any atom is -0.396 e. The Balaban J connectivity index is 2.01. The number of nitrogens with one attached hydrogen (secondary N) is 1. The van der Waals surface area contributed by atoms with Crippen molar-refractivity contribution in [2.24, 2.45) is 0 Å². The molecule has 0 bridgehead atoms. The van der Waals surface area contributed by atoms with Crippen LogP contribution in [0.25, 0.3) is 10.8 Å². The second-order valence-corrected chi connectivity index (χ2v) is 5.71. The Kier molecular flexibility index (Phi) is 5.78. The number of urea groups is 1. The van der Waals surface area contributed by atoms with E-state index in [1.165, 1.54) is 10.8 Å². The van der Waals surface area contributed by atoms with Crippen LogP contribution in [0.1, 0.15) is 25.3 Å². The number of hydrogen-bond acceptors (Lipinski definition) is 2. The lowest BCUT2D eigenvalue weighted by Gasteiger charge is -2.22. The highest BCUT2D eigenvalue weighted by atomic mass is 16.3. The van der Waals surface area contributed by atoms with Crippen LogP contribution in [-0.2, 0) is 6.54 Å². The van der Waals surface area contributed by atoms with Gasteiger partial charge in [0.25, 0.3) is 0 Å². The molecule has 0 aliphatic rings. The van der Waals surface area contributed by atoms with E-state index in [2.05, 4.69) is 29.6 Å². The summed E-state index contributed by atoms with van der Waals surface area (Å²) in [4.78, 5) is 13.9. The van der Waals surface area contributed by atoms with Crippen LogP contribution in [0.5, 0.6) is 0 Å². The van der Waals surface area contributed by atoms with Gasteiger partial charge in [-0.15, -0.1) is 0 Å². The van der Waals surface area contributed by atoms with E-state index in [0.29, 0.717) is 13.0 Å². The predicted octanol–water partition coefficient (Wildman–Crippen LogP) is 3.14. The van der Waals surface area contributed by atoms with Gasteiger partial charge in [-0.05, 0) is 36.1 Å². The van der Waals surface area contributed by atoms with Crippen LogP contribution >= 0.6 is 0 Å². The number of rotatable bonds is 6. The SMILES string of the molecule is CC(CCCO)NC(=O)N(C)Cc1cccc2ccccc12. The molecule has 0 aromatic heterocycles. The van der Waals surface area contributed by atoms with E-state index >= 15 is 0 Å². The molecule has 2 aromatic rings. The van der Waals surface area contributed by atoms with E-state index in [0.717, 1.165) is 12.0 Å². The monoisotopic (exact) mass is 300 g/mol. The number of hydrogen-bond donors (Lipinski definition) is 2. The lowest BCUT2D eigenvalue weighted by molar-refractivity contribution is 0.201. The van der Waals surface area contributed by atoms with Gasteiger partial charge in [-0.25, -0.2) is 4.79 Å². The summed E-state index contributed by atoms with van der Waals surface area (Å²) in [6, 6.07) is 14.3. The number of carbonyl (C=O) groups excluding carboxylic acids is 1. The molecule has 0 fully saturated rings. The van der Waals surface area contributed by atoms with Crippen LogP contribution in [0.15, 0.2) is 42.5 Å². The Bertz CT molecular complexity index is 622. The zero-order valence-electron chi connectivity index (χ0n) is 13.2. The number of fused-ring (bicyclic) bond motifs is 1. The van der Waals surface area contributed by atoms with Gasteiger partial charge in [0.15, 0.2) is 0 Å². The van der Waals surface area contributed by atoms with E-state index in [1.54, 1.807) is 11.9 Å². The predicted molar refractivity (Wildman–Crippen MR) is 89.7 cm³/mol. The minimum atomic E-state index is -0.0848. The van der Waals surface area contributed by atoms with Crippen LogP contribution in [-0.4, -0.2) is 35.7 Å². The third kappa shape index (κ3) is 4.21. The van der Waals surface area contributed by atoms with Gasteiger partial charge in [0.2, 0.25) is 0 Å². The number of aliphatic hydroxyl groups excluding tert-OH is 1. The zero-order chi connectivity index (χ0) is 15.9. The van der Waals surface area contributed by atoms with E-state index < -0.39 is 0 Å². The van der Waals surface area contributed by atoms with Crippen LogP contribution in [0.3, 0.4) is 0 Å². The fraction of sp³-hybridized carbons (Fsp3) is 0.389. The highest BCUT2D eigenvalue weighted by Gasteiger charge is 2.13. The van der Waals surface area contributed by atoms with Gasteiger partial charge in [0, 0.05) is 26.2 Å². The van der Waals surface area contributed by atoms with Crippen molar-refractivity contribution < 1.29 is 9.90 Å². The molecular weight excluding hydrogens is 276 g/mol. The molecule has 0 aliphatic heterocycles. The topological polar surface area (TPSA) is 52.6 Å². The normalized spacial score (nSPS) is 12.1. The molecule has 2 rings (SSSR count). The number of aliphatic hydroxyl groups is 1. The molecule has 118 valence electrons. The van der Waals surface area contributed by atoms with Crippen LogP contribution in [0, 0.1) is 0 Å². The fourth-order valence-electron chi connectivity index (χ4n) is 2.55. The van der Waals surface area contributed by atoms with Crippen molar-refractivity contribution in [3.05, 3.63) is 48.0 Å². The Labute approximate surface area is 131 Å². The maximum Gasteiger partial charge on any atom is 0.317 e. The molecular formula is C18H24N2O2. The van der Waals surface area contributed by atoms with Crippen LogP contribution in [0.4, 0.5) is 4.79 Å². The number of carbonyl (C=O) groups is 1. The molecule has 0 heterocycles. The molecule has 4 nitrogen and oxygen atoms in total. The number of nitrogens with zero attached hydrogens (tertiary/aromatic N) is 1. The van der Waals surface area contributed by atoms with E-state index in [4.69, 9.17) is 5.11 Å². The first-order valence-electron chi connectivity index (χ1n) is 7.71. The summed E-state index contributed by atoms with van der Waals surface area (Å²) in [6.45, 7) is 2.69. The van der Waals surface area contributed by atoms with Crippen molar-refractivity contribution in [2.75, 3.05) is 13.7 Å². The van der Waals surface area contributed by atoms with E-state index in [1.807, 2.05) is 25.1 Å². The summed E-state index contributed by atoms with van der Waals surface area (Å²) in [5.74, 6) is 0. The quantitative estimate of drug-likeness (QED) is 0.861. The van der Waals surface area contributed by atoms with Crippen molar-refractivity contribution in [3.8, 4) is 0 Å². The van der Waals surface area contributed by atoms with Gasteiger partial charge in [-0.2, -0.15) is 0 Å². The molecule has 2 N–H and O–H groups in total. The molecule has 0 saturated carbocycles. The van der Waals surface area contributed by atoms with Crippen molar-refractivity contribution in [3.63, 3.8) is 0 Å². The third-order valence-corrected chi connectivity index (χ3v) is 3.80. The highest BCUT2D eigenvalue weighted by Crippen LogP contribution is 2.19. The summed E-state index contributed by atoms with van der Waals surface area (Å²) in [5, 5.41) is 14.2. The van der Waals surface area contributed by atoms with Crippen LogP contribution in [0.2, 0.25) is 0 Å². The van der Waals surface area contributed by atoms with Crippen molar-refractivity contribution in [2.45, 2.75) is 32.4 Å². The maximum atomic E-state index is 12.2. The van der Waals surface area contributed by atoms with Gasteiger partial charge in [0.05, 0.1) is 0 Å². The Morgan fingerprint density at radius 2 is 1.95 bits per heavy atom. The Hall–Kier alpha value is -2.07. The highest BCUT2D eigenvalue weighted by molar-refractivity contribution is 5.86. The molecule has 0 radical (unpaired) electrons. The standard InChI is InChI=1S/C18H24N2O2/c1-14(7-6-12-21)19-18(22)20(2)13-16-10-5-9-15-8-3-4-11-17(15)16/h3-5,8-11,14,21H,6-7,12-13H2,1-2H3,(H,19,22). The summed E-state index contributed by atoms with van der Waals surface area (Å²) in [6.07, 6.45) is 1.48. The van der Waals surface area contributed by atoms with E-state index in [-0.39, 0.29) is 18.7 Å².